The molecule has 40 heavy (non-hydrogen) atoms. The first-order chi connectivity index (χ1) is 19.4. The normalized spacial score (nSPS) is 20.1. The van der Waals surface area contributed by atoms with Crippen LogP contribution in [0.2, 0.25) is 0 Å². The van der Waals surface area contributed by atoms with Crippen LogP contribution in [-0.2, 0) is 36.1 Å². The van der Waals surface area contributed by atoms with Gasteiger partial charge in [-0.3, -0.25) is 24.2 Å². The lowest BCUT2D eigenvalue weighted by Crippen LogP contribution is -2.52. The number of amides is 2. The van der Waals surface area contributed by atoms with Crippen molar-refractivity contribution in [2.75, 3.05) is 18.0 Å². The smallest absolute Gasteiger partial charge is 0.226 e. The molecule has 2 aromatic heterocycles. The second kappa shape index (κ2) is 12.8. The lowest BCUT2D eigenvalue weighted by atomic mass is 9.92. The van der Waals surface area contributed by atoms with Gasteiger partial charge in [0.2, 0.25) is 11.8 Å². The summed E-state index contributed by atoms with van der Waals surface area (Å²) >= 11 is 0. The number of hydrogen-bond donors (Lipinski definition) is 0. The third-order valence-electron chi connectivity index (χ3n) is 8.57. The zero-order valence-corrected chi connectivity index (χ0v) is 24.1. The molecular weight excluding hydrogens is 500 g/mol. The Balaban J connectivity index is 1.48. The van der Waals surface area contributed by atoms with E-state index in [1.807, 2.05) is 67.3 Å². The van der Waals surface area contributed by atoms with Gasteiger partial charge < -0.3 is 9.80 Å². The summed E-state index contributed by atoms with van der Waals surface area (Å²) in [6, 6.07) is 12.9. The highest BCUT2D eigenvalue weighted by atomic mass is 16.2. The molecule has 1 fully saturated rings. The van der Waals surface area contributed by atoms with Crippen LogP contribution in [0.4, 0.5) is 5.69 Å². The lowest BCUT2D eigenvalue weighted by molar-refractivity contribution is -0.133. The molecule has 1 aromatic carbocycles. The van der Waals surface area contributed by atoms with Crippen molar-refractivity contribution in [1.82, 2.24) is 24.6 Å². The molecule has 212 valence electrons. The van der Waals surface area contributed by atoms with Crippen molar-refractivity contribution >= 4 is 17.5 Å². The number of aryl methyl sites for hydroxylation is 3. The second-order valence-electron chi connectivity index (χ2n) is 11.3. The van der Waals surface area contributed by atoms with Crippen LogP contribution in [0.3, 0.4) is 0 Å². The van der Waals surface area contributed by atoms with Gasteiger partial charge in [-0.15, -0.1) is 0 Å². The topological polar surface area (TPSA) is 74.6 Å². The molecule has 4 heterocycles. The molecule has 8 nitrogen and oxygen atoms in total. The number of piperidine rings is 1. The van der Waals surface area contributed by atoms with Crippen LogP contribution in [0.5, 0.6) is 0 Å². The predicted molar refractivity (Wildman–Crippen MR) is 157 cm³/mol. The van der Waals surface area contributed by atoms with Gasteiger partial charge in [0.25, 0.3) is 0 Å². The zero-order chi connectivity index (χ0) is 28.1. The number of anilines is 1. The van der Waals surface area contributed by atoms with E-state index in [9.17, 15) is 9.59 Å². The number of pyridine rings is 1. The minimum absolute atomic E-state index is 0.129. The first kappa shape index (κ1) is 28.0. The number of nitrogens with zero attached hydrogens (tertiary/aromatic N) is 6. The number of hydrogen-bond acceptors (Lipinski definition) is 5. The van der Waals surface area contributed by atoms with Gasteiger partial charge in [0.05, 0.1) is 5.69 Å². The minimum atomic E-state index is 0.129. The van der Waals surface area contributed by atoms with E-state index in [1.165, 1.54) is 5.56 Å². The first-order valence-electron chi connectivity index (χ1n) is 14.7. The van der Waals surface area contributed by atoms with Crippen LogP contribution in [0.1, 0.15) is 67.8 Å². The third-order valence-corrected chi connectivity index (χ3v) is 8.57. The minimum Gasteiger partial charge on any atom is -0.337 e. The van der Waals surface area contributed by atoms with Crippen LogP contribution < -0.4 is 4.90 Å². The van der Waals surface area contributed by atoms with Crippen molar-refractivity contribution in [3.8, 4) is 0 Å². The van der Waals surface area contributed by atoms with Crippen molar-refractivity contribution in [3.05, 3.63) is 77.4 Å². The van der Waals surface area contributed by atoms with Gasteiger partial charge in [-0.1, -0.05) is 31.5 Å². The molecule has 3 aromatic rings. The maximum absolute atomic E-state index is 13.9. The van der Waals surface area contributed by atoms with Gasteiger partial charge in [-0.25, -0.2) is 0 Å². The van der Waals surface area contributed by atoms with Crippen LogP contribution in [0.25, 0.3) is 0 Å². The Morgan fingerprint density at radius 1 is 1.00 bits per heavy atom. The largest absolute Gasteiger partial charge is 0.337 e. The fourth-order valence-corrected chi connectivity index (χ4v) is 6.45. The summed E-state index contributed by atoms with van der Waals surface area (Å²) < 4.78 is 1.82. The summed E-state index contributed by atoms with van der Waals surface area (Å²) in [5, 5.41) is 4.46. The molecular formula is C32H42N6O2. The molecule has 8 heteroatoms. The first-order valence-corrected chi connectivity index (χ1v) is 14.7. The van der Waals surface area contributed by atoms with Crippen LogP contribution >= 0.6 is 0 Å². The van der Waals surface area contributed by atoms with Gasteiger partial charge >= 0.3 is 0 Å². The van der Waals surface area contributed by atoms with Gasteiger partial charge in [-0.2, -0.15) is 5.10 Å². The van der Waals surface area contributed by atoms with Crippen molar-refractivity contribution < 1.29 is 9.59 Å². The molecule has 2 amide bonds. The van der Waals surface area contributed by atoms with Crippen LogP contribution in [0, 0.1) is 6.92 Å². The van der Waals surface area contributed by atoms with E-state index in [4.69, 9.17) is 0 Å². The van der Waals surface area contributed by atoms with Crippen molar-refractivity contribution in [3.63, 3.8) is 0 Å². The summed E-state index contributed by atoms with van der Waals surface area (Å²) in [6.07, 6.45) is 11.5. The molecule has 2 unspecified atom stereocenters. The van der Waals surface area contributed by atoms with E-state index >= 15 is 0 Å². The van der Waals surface area contributed by atoms with Crippen molar-refractivity contribution in [1.29, 1.82) is 0 Å². The number of carbonyl (C=O) groups excluding carboxylic acids is 2. The number of aromatic nitrogens is 3. The Morgan fingerprint density at radius 2 is 1.77 bits per heavy atom. The Labute approximate surface area is 238 Å². The average molecular weight is 543 g/mol. The quantitative estimate of drug-likeness (QED) is 0.453. The second-order valence-corrected chi connectivity index (χ2v) is 11.3. The summed E-state index contributed by atoms with van der Waals surface area (Å²) in [4.78, 5) is 38.0. The lowest BCUT2D eigenvalue weighted by Gasteiger charge is -2.44. The van der Waals surface area contributed by atoms with E-state index < -0.39 is 0 Å². The SMILES string of the molecule is CCC(=O)N1CCC2CCCC(CN(C(=O)CCc3cn(C)nc3C)Cc3ccccc31)N2Cc1ccncc1. The summed E-state index contributed by atoms with van der Waals surface area (Å²) in [5.74, 6) is 0.279. The monoisotopic (exact) mass is 542 g/mol. The van der Waals surface area contributed by atoms with E-state index in [0.29, 0.717) is 44.9 Å². The third kappa shape index (κ3) is 6.44. The highest BCUT2D eigenvalue weighted by Crippen LogP contribution is 2.32. The van der Waals surface area contributed by atoms with Gasteiger partial charge in [-0.05, 0) is 67.5 Å². The van der Waals surface area contributed by atoms with Crippen LogP contribution in [0.15, 0.2) is 55.0 Å². The number of benzene rings is 1. The van der Waals surface area contributed by atoms with Gasteiger partial charge in [0, 0.05) is 82.4 Å². The van der Waals surface area contributed by atoms with Crippen molar-refractivity contribution in [2.24, 2.45) is 7.05 Å². The maximum Gasteiger partial charge on any atom is 0.226 e. The molecule has 0 spiro atoms. The molecule has 2 aliphatic rings. The molecule has 2 aliphatic heterocycles. The number of rotatable bonds is 6. The Kier molecular flexibility index (Phi) is 8.94. The molecule has 5 rings (SSSR count). The Morgan fingerprint density at radius 3 is 2.52 bits per heavy atom. The fraction of sp³-hybridized carbons (Fsp3) is 0.500. The van der Waals surface area contributed by atoms with Gasteiger partial charge in [0.15, 0.2) is 0 Å². The molecule has 0 aliphatic carbocycles. The van der Waals surface area contributed by atoms with E-state index in [1.54, 1.807) is 0 Å². The number of fused-ring (bicyclic) bond motifs is 3. The summed E-state index contributed by atoms with van der Waals surface area (Å²) in [5.41, 5.74) is 5.30. The van der Waals surface area contributed by atoms with Gasteiger partial charge in [0.1, 0.15) is 0 Å². The number of carbonyl (C=O) groups is 2. The number of para-hydroxylation sites is 1. The molecule has 2 bridgehead atoms. The standard InChI is InChI=1S/C32H42N6O2/c1-4-31(39)37-19-16-28-9-7-10-29(38(28)20-25-14-17-33-18-15-25)23-36(22-27-8-5-6-11-30(27)37)32(40)13-12-26-21-35(3)34-24(26)2/h5-6,8,11,14-15,17-18,21,28-29H,4,7,9-10,12-13,16,19-20,22-23H2,1-3H3. The van der Waals surface area contributed by atoms with E-state index in [0.717, 1.165) is 54.7 Å². The molecule has 2 atom stereocenters. The van der Waals surface area contributed by atoms with E-state index in [2.05, 4.69) is 38.1 Å². The molecule has 1 saturated heterocycles. The predicted octanol–water partition coefficient (Wildman–Crippen LogP) is 4.65. The zero-order valence-electron chi connectivity index (χ0n) is 24.1. The van der Waals surface area contributed by atoms with E-state index in [-0.39, 0.29) is 17.9 Å². The average Bonchev–Trinajstić information content (AvgIpc) is 3.29. The Bertz CT molecular complexity index is 1310. The maximum atomic E-state index is 13.9. The fourth-order valence-electron chi connectivity index (χ4n) is 6.45. The summed E-state index contributed by atoms with van der Waals surface area (Å²) in [7, 11) is 1.92. The molecule has 0 saturated carbocycles. The highest BCUT2D eigenvalue weighted by molar-refractivity contribution is 5.94. The molecule has 0 N–H and O–H groups in total. The van der Waals surface area contributed by atoms with Crippen LogP contribution in [-0.4, -0.2) is 61.6 Å². The Hall–Kier alpha value is -3.52. The van der Waals surface area contributed by atoms with Crippen molar-refractivity contribution in [2.45, 2.75) is 84.0 Å². The summed E-state index contributed by atoms with van der Waals surface area (Å²) in [6.45, 7) is 6.62. The molecule has 0 radical (unpaired) electrons. The highest BCUT2D eigenvalue weighted by Gasteiger charge is 2.34.